The van der Waals surface area contributed by atoms with Crippen LogP contribution in [-0.2, 0) is 10.0 Å². The quantitative estimate of drug-likeness (QED) is 0.790. The Balaban J connectivity index is 0.00000225. The molecule has 0 saturated heterocycles. The van der Waals surface area contributed by atoms with E-state index in [1.54, 1.807) is 0 Å². The van der Waals surface area contributed by atoms with Gasteiger partial charge >= 0.3 is 0 Å². The lowest BCUT2D eigenvalue weighted by molar-refractivity contribution is 0.184. The molecule has 1 aliphatic rings. The largest absolute Gasteiger partial charge is 0.330 e. The first kappa shape index (κ1) is 16.2. The topological polar surface area (TPSA) is 72.2 Å². The molecule has 0 amide bonds. The predicted octanol–water partition coefficient (Wildman–Crippen LogP) is 1.26. The first-order valence-corrected chi connectivity index (χ1v) is 7.51. The van der Waals surface area contributed by atoms with Gasteiger partial charge in [-0.3, -0.25) is 0 Å². The molecule has 3 N–H and O–H groups in total. The Kier molecular flexibility index (Phi) is 6.86. The summed E-state index contributed by atoms with van der Waals surface area (Å²) >= 11 is 0. The minimum Gasteiger partial charge on any atom is -0.330 e. The number of sulfonamides is 1. The molecule has 1 rings (SSSR count). The normalized spacial score (nSPS) is 20.1. The molecule has 4 nitrogen and oxygen atoms in total. The fourth-order valence-electron chi connectivity index (χ4n) is 2.36. The lowest BCUT2D eigenvalue weighted by Gasteiger charge is -2.36. The van der Waals surface area contributed by atoms with Gasteiger partial charge in [-0.15, -0.1) is 12.4 Å². The summed E-state index contributed by atoms with van der Waals surface area (Å²) < 4.78 is 24.4. The Bertz CT molecular complexity index is 287. The molecule has 0 aromatic heterocycles. The third kappa shape index (κ3) is 5.48. The SMILES string of the molecule is CS(=O)(=O)NCCC1(CN)CCCCC1.Cl. The summed E-state index contributed by atoms with van der Waals surface area (Å²) in [6, 6.07) is 0. The Morgan fingerprint density at radius 2 is 1.81 bits per heavy atom. The third-order valence-corrected chi connectivity index (χ3v) is 4.10. The van der Waals surface area contributed by atoms with Gasteiger partial charge in [-0.25, -0.2) is 13.1 Å². The van der Waals surface area contributed by atoms with Crippen molar-refractivity contribution in [3.63, 3.8) is 0 Å². The lowest BCUT2D eigenvalue weighted by atomic mass is 9.72. The van der Waals surface area contributed by atoms with Crippen LogP contribution in [0.5, 0.6) is 0 Å². The number of rotatable bonds is 5. The summed E-state index contributed by atoms with van der Waals surface area (Å²) in [5.41, 5.74) is 6.00. The average Bonchev–Trinajstić information content (AvgIpc) is 2.17. The molecular weight excluding hydrogens is 248 g/mol. The molecule has 0 aromatic carbocycles. The number of nitrogens with one attached hydrogen (secondary N) is 1. The Labute approximate surface area is 105 Å². The van der Waals surface area contributed by atoms with Crippen LogP contribution in [0.2, 0.25) is 0 Å². The van der Waals surface area contributed by atoms with Gasteiger partial charge in [-0.05, 0) is 31.2 Å². The zero-order valence-electron chi connectivity index (χ0n) is 9.87. The maximum Gasteiger partial charge on any atom is 0.208 e. The molecule has 0 radical (unpaired) electrons. The molecule has 98 valence electrons. The zero-order valence-corrected chi connectivity index (χ0v) is 11.5. The molecule has 1 saturated carbocycles. The molecule has 6 heteroatoms. The predicted molar refractivity (Wildman–Crippen MR) is 69.3 cm³/mol. The molecule has 0 bridgehead atoms. The fourth-order valence-corrected chi connectivity index (χ4v) is 2.83. The van der Waals surface area contributed by atoms with Crippen LogP contribution >= 0.6 is 12.4 Å². The van der Waals surface area contributed by atoms with Gasteiger partial charge in [0.15, 0.2) is 0 Å². The van der Waals surface area contributed by atoms with Crippen molar-refractivity contribution in [2.75, 3.05) is 19.3 Å². The number of halogens is 1. The Morgan fingerprint density at radius 1 is 1.25 bits per heavy atom. The van der Waals surface area contributed by atoms with E-state index in [4.69, 9.17) is 5.73 Å². The van der Waals surface area contributed by atoms with Gasteiger partial charge < -0.3 is 5.73 Å². The Morgan fingerprint density at radius 3 is 2.25 bits per heavy atom. The number of hydrogen-bond acceptors (Lipinski definition) is 3. The summed E-state index contributed by atoms with van der Waals surface area (Å²) in [6.07, 6.45) is 8.12. The second kappa shape index (κ2) is 6.79. The summed E-state index contributed by atoms with van der Waals surface area (Å²) in [5, 5.41) is 0. The molecule has 0 spiro atoms. The van der Waals surface area contributed by atoms with E-state index in [2.05, 4.69) is 4.72 Å². The fraction of sp³-hybridized carbons (Fsp3) is 1.00. The van der Waals surface area contributed by atoms with E-state index in [-0.39, 0.29) is 17.8 Å². The molecule has 1 fully saturated rings. The summed E-state index contributed by atoms with van der Waals surface area (Å²) in [5.74, 6) is 0. The van der Waals surface area contributed by atoms with Crippen molar-refractivity contribution in [2.24, 2.45) is 11.1 Å². The van der Waals surface area contributed by atoms with Crippen molar-refractivity contribution < 1.29 is 8.42 Å². The van der Waals surface area contributed by atoms with Gasteiger partial charge in [0.25, 0.3) is 0 Å². The smallest absolute Gasteiger partial charge is 0.208 e. The van der Waals surface area contributed by atoms with Crippen LogP contribution in [0.15, 0.2) is 0 Å². The van der Waals surface area contributed by atoms with Crippen LogP contribution in [-0.4, -0.2) is 27.8 Å². The lowest BCUT2D eigenvalue weighted by Crippen LogP contribution is -2.36. The monoisotopic (exact) mass is 270 g/mol. The zero-order chi connectivity index (χ0) is 11.4. The summed E-state index contributed by atoms with van der Waals surface area (Å²) in [6.45, 7) is 1.20. The van der Waals surface area contributed by atoms with E-state index in [0.717, 1.165) is 19.3 Å². The van der Waals surface area contributed by atoms with Crippen LogP contribution < -0.4 is 10.5 Å². The van der Waals surface area contributed by atoms with Crippen molar-refractivity contribution in [1.82, 2.24) is 4.72 Å². The summed E-state index contributed by atoms with van der Waals surface area (Å²) in [7, 11) is -3.05. The van der Waals surface area contributed by atoms with Crippen molar-refractivity contribution >= 4 is 22.4 Å². The highest BCUT2D eigenvalue weighted by molar-refractivity contribution is 7.88. The van der Waals surface area contributed by atoms with Crippen LogP contribution in [0, 0.1) is 5.41 Å². The highest BCUT2D eigenvalue weighted by Crippen LogP contribution is 2.37. The minimum atomic E-state index is -3.05. The molecule has 1 aliphatic carbocycles. The molecule has 0 atom stereocenters. The van der Waals surface area contributed by atoms with Crippen molar-refractivity contribution in [1.29, 1.82) is 0 Å². The first-order chi connectivity index (χ1) is 6.97. The molecular formula is C10H23ClN2O2S. The van der Waals surface area contributed by atoms with Gasteiger partial charge in [0.1, 0.15) is 0 Å². The van der Waals surface area contributed by atoms with E-state index in [0.29, 0.717) is 13.1 Å². The van der Waals surface area contributed by atoms with Crippen molar-refractivity contribution in [3.8, 4) is 0 Å². The summed E-state index contributed by atoms with van der Waals surface area (Å²) in [4.78, 5) is 0. The third-order valence-electron chi connectivity index (χ3n) is 3.37. The second-order valence-electron chi connectivity index (χ2n) is 4.68. The van der Waals surface area contributed by atoms with Crippen LogP contribution in [0.25, 0.3) is 0 Å². The maximum atomic E-state index is 10.9. The molecule has 0 heterocycles. The van der Waals surface area contributed by atoms with E-state index >= 15 is 0 Å². The van der Waals surface area contributed by atoms with E-state index in [9.17, 15) is 8.42 Å². The van der Waals surface area contributed by atoms with Gasteiger partial charge in [-0.2, -0.15) is 0 Å². The van der Waals surface area contributed by atoms with Crippen LogP contribution in [0.3, 0.4) is 0 Å². The molecule has 16 heavy (non-hydrogen) atoms. The minimum absolute atomic E-state index is 0. The van der Waals surface area contributed by atoms with E-state index in [1.165, 1.54) is 25.5 Å². The molecule has 0 aliphatic heterocycles. The first-order valence-electron chi connectivity index (χ1n) is 5.62. The molecule has 0 unspecified atom stereocenters. The van der Waals surface area contributed by atoms with Gasteiger partial charge in [0, 0.05) is 6.54 Å². The average molecular weight is 271 g/mol. The van der Waals surface area contributed by atoms with E-state index < -0.39 is 10.0 Å². The van der Waals surface area contributed by atoms with Crippen LogP contribution in [0.4, 0.5) is 0 Å². The Hall–Kier alpha value is 0.160. The standard InChI is InChI=1S/C10H22N2O2S.ClH/c1-15(13,14)12-8-7-10(9-11)5-3-2-4-6-10;/h12H,2-9,11H2,1H3;1H. The number of hydrogen-bond donors (Lipinski definition) is 2. The van der Waals surface area contributed by atoms with Crippen molar-refractivity contribution in [3.05, 3.63) is 0 Å². The van der Waals surface area contributed by atoms with Gasteiger partial charge in [-0.1, -0.05) is 19.3 Å². The number of nitrogens with two attached hydrogens (primary N) is 1. The van der Waals surface area contributed by atoms with Crippen molar-refractivity contribution in [2.45, 2.75) is 38.5 Å². The molecule has 0 aromatic rings. The van der Waals surface area contributed by atoms with Gasteiger partial charge in [0.2, 0.25) is 10.0 Å². The van der Waals surface area contributed by atoms with Crippen LogP contribution in [0.1, 0.15) is 38.5 Å². The maximum absolute atomic E-state index is 10.9. The van der Waals surface area contributed by atoms with E-state index in [1.807, 2.05) is 0 Å². The second-order valence-corrected chi connectivity index (χ2v) is 6.51. The highest BCUT2D eigenvalue weighted by atomic mass is 35.5. The van der Waals surface area contributed by atoms with Gasteiger partial charge in [0.05, 0.1) is 6.26 Å². The highest BCUT2D eigenvalue weighted by Gasteiger charge is 2.30.